The molecule has 114 valence electrons. The van der Waals surface area contributed by atoms with Crippen molar-refractivity contribution in [2.75, 3.05) is 13.7 Å². The lowest BCUT2D eigenvalue weighted by Gasteiger charge is -2.28. The highest BCUT2D eigenvalue weighted by molar-refractivity contribution is 5.84. The predicted octanol–water partition coefficient (Wildman–Crippen LogP) is 2.44. The van der Waals surface area contributed by atoms with Crippen LogP contribution in [-0.4, -0.2) is 41.7 Å². The van der Waals surface area contributed by atoms with Gasteiger partial charge in [-0.05, 0) is 18.6 Å². The summed E-state index contributed by atoms with van der Waals surface area (Å²) in [5.74, 6) is -1.47. The molecule has 2 heterocycles. The quantitative estimate of drug-likeness (QED) is 0.800. The molecule has 1 aromatic rings. The number of halogens is 3. The molecule has 21 heavy (non-hydrogen) atoms. The molecular weight excluding hydrogens is 285 g/mol. The van der Waals surface area contributed by atoms with E-state index in [0.717, 1.165) is 4.90 Å². The number of hydrogen-bond donors (Lipinski definition) is 0. The second-order valence-electron chi connectivity index (χ2n) is 4.94. The first kappa shape index (κ1) is 15.3. The first-order chi connectivity index (χ1) is 9.74. The van der Waals surface area contributed by atoms with Gasteiger partial charge in [0.25, 0.3) is 0 Å². The van der Waals surface area contributed by atoms with E-state index < -0.39 is 18.1 Å². The zero-order chi connectivity index (χ0) is 15.8. The van der Waals surface area contributed by atoms with Gasteiger partial charge in [-0.2, -0.15) is 13.2 Å². The van der Waals surface area contributed by atoms with Crippen LogP contribution in [0.3, 0.4) is 0 Å². The van der Waals surface area contributed by atoms with Crippen molar-refractivity contribution in [3.8, 4) is 5.88 Å². The minimum Gasteiger partial charge on any atom is -0.481 e. The molecule has 0 spiro atoms. The Morgan fingerprint density at radius 2 is 2.14 bits per heavy atom. The number of nitrogens with zero attached hydrogens (tertiary/aromatic N) is 2. The highest BCUT2D eigenvalue weighted by atomic mass is 19.4. The lowest BCUT2D eigenvalue weighted by atomic mass is 10.0. The fraction of sp³-hybridized carbons (Fsp3) is 0.429. The van der Waals surface area contributed by atoms with Crippen molar-refractivity contribution in [3.05, 3.63) is 30.0 Å². The van der Waals surface area contributed by atoms with E-state index in [0.29, 0.717) is 22.7 Å². The van der Waals surface area contributed by atoms with Crippen LogP contribution in [0.4, 0.5) is 13.2 Å². The summed E-state index contributed by atoms with van der Waals surface area (Å²) >= 11 is 0. The molecule has 0 aliphatic carbocycles. The zero-order valence-electron chi connectivity index (χ0n) is 11.7. The Morgan fingerprint density at radius 1 is 1.48 bits per heavy atom. The maximum atomic E-state index is 12.7. The van der Waals surface area contributed by atoms with Crippen LogP contribution in [0.1, 0.15) is 18.2 Å². The van der Waals surface area contributed by atoms with Gasteiger partial charge < -0.3 is 9.64 Å². The Labute approximate surface area is 120 Å². The van der Waals surface area contributed by atoms with Gasteiger partial charge in [0.15, 0.2) is 0 Å². The van der Waals surface area contributed by atoms with Crippen molar-refractivity contribution in [3.63, 3.8) is 0 Å². The Kier molecular flexibility index (Phi) is 3.93. The molecule has 7 heteroatoms. The highest BCUT2D eigenvalue weighted by Crippen LogP contribution is 2.29. The van der Waals surface area contributed by atoms with Crippen LogP contribution in [0.25, 0.3) is 5.57 Å². The summed E-state index contributed by atoms with van der Waals surface area (Å²) in [6.45, 7) is 5.17. The average molecular weight is 300 g/mol. The first-order valence-corrected chi connectivity index (χ1v) is 6.34. The number of aromatic nitrogens is 1. The number of rotatable bonds is 1. The van der Waals surface area contributed by atoms with Crippen molar-refractivity contribution in [2.24, 2.45) is 0 Å². The molecular formula is C14H15F3N2O2. The Bertz CT molecular complexity index is 584. The fourth-order valence-corrected chi connectivity index (χ4v) is 2.34. The van der Waals surface area contributed by atoms with E-state index in [4.69, 9.17) is 4.74 Å². The van der Waals surface area contributed by atoms with E-state index in [1.54, 1.807) is 19.1 Å². The van der Waals surface area contributed by atoms with Gasteiger partial charge in [0.2, 0.25) is 5.88 Å². The number of fused-ring (bicyclic) bond motifs is 1. The third kappa shape index (κ3) is 3.01. The molecule has 2 rings (SSSR count). The van der Waals surface area contributed by atoms with E-state index >= 15 is 0 Å². The van der Waals surface area contributed by atoms with Crippen LogP contribution in [0.5, 0.6) is 5.88 Å². The van der Waals surface area contributed by atoms with E-state index in [-0.39, 0.29) is 13.0 Å². The summed E-state index contributed by atoms with van der Waals surface area (Å²) in [6.07, 6.45) is -4.68. The van der Waals surface area contributed by atoms with Gasteiger partial charge in [-0.15, -0.1) is 0 Å². The Morgan fingerprint density at radius 3 is 2.71 bits per heavy atom. The Balaban J connectivity index is 2.37. The summed E-state index contributed by atoms with van der Waals surface area (Å²) in [4.78, 5) is 16.6. The molecule has 0 radical (unpaired) electrons. The fourth-order valence-electron chi connectivity index (χ4n) is 2.34. The van der Waals surface area contributed by atoms with Gasteiger partial charge in [0, 0.05) is 30.6 Å². The van der Waals surface area contributed by atoms with E-state index in [1.807, 2.05) is 0 Å². The number of methoxy groups -OCH3 is 1. The van der Waals surface area contributed by atoms with Gasteiger partial charge in [0.05, 0.1) is 12.8 Å². The SMILES string of the molecule is C=C1CN(C(=O)C(F)(F)F)C(C)Cc2nc(OC)ccc21. The second-order valence-corrected chi connectivity index (χ2v) is 4.94. The minimum atomic E-state index is -4.89. The van der Waals surface area contributed by atoms with Gasteiger partial charge in [0.1, 0.15) is 0 Å². The van der Waals surface area contributed by atoms with E-state index in [1.165, 1.54) is 7.11 Å². The molecule has 0 aromatic carbocycles. The highest BCUT2D eigenvalue weighted by Gasteiger charge is 2.44. The number of hydrogen-bond acceptors (Lipinski definition) is 3. The van der Waals surface area contributed by atoms with Crippen LogP contribution in [-0.2, 0) is 11.2 Å². The van der Waals surface area contributed by atoms with Crippen LogP contribution < -0.4 is 4.74 Å². The molecule has 1 aromatic heterocycles. The summed E-state index contributed by atoms with van der Waals surface area (Å²) in [7, 11) is 1.46. The van der Waals surface area contributed by atoms with Crippen molar-refractivity contribution < 1.29 is 22.7 Å². The molecule has 1 aliphatic heterocycles. The number of ether oxygens (including phenoxy) is 1. The number of pyridine rings is 1. The zero-order valence-corrected chi connectivity index (χ0v) is 11.7. The first-order valence-electron chi connectivity index (χ1n) is 6.34. The molecule has 0 saturated carbocycles. The molecule has 0 N–H and O–H groups in total. The van der Waals surface area contributed by atoms with Gasteiger partial charge in [-0.1, -0.05) is 6.58 Å². The molecule has 1 aliphatic rings. The smallest absolute Gasteiger partial charge is 0.471 e. The van der Waals surface area contributed by atoms with Crippen LogP contribution in [0, 0.1) is 0 Å². The number of carbonyl (C=O) groups is 1. The molecule has 0 saturated heterocycles. The third-order valence-corrected chi connectivity index (χ3v) is 3.42. The molecule has 0 bridgehead atoms. The van der Waals surface area contributed by atoms with Gasteiger partial charge in [-0.25, -0.2) is 4.98 Å². The van der Waals surface area contributed by atoms with Crippen molar-refractivity contribution in [1.82, 2.24) is 9.88 Å². The van der Waals surface area contributed by atoms with E-state index in [9.17, 15) is 18.0 Å². The predicted molar refractivity (Wildman–Crippen MR) is 70.8 cm³/mol. The molecule has 1 amide bonds. The maximum absolute atomic E-state index is 12.7. The normalized spacial score (nSPS) is 19.0. The molecule has 0 fully saturated rings. The van der Waals surface area contributed by atoms with Gasteiger partial charge in [-0.3, -0.25) is 4.79 Å². The lowest BCUT2D eigenvalue weighted by Crippen LogP contribution is -2.46. The Hall–Kier alpha value is -2.05. The van der Waals surface area contributed by atoms with E-state index in [2.05, 4.69) is 11.6 Å². The number of alkyl halides is 3. The monoisotopic (exact) mass is 300 g/mol. The van der Waals surface area contributed by atoms with Crippen molar-refractivity contribution in [1.29, 1.82) is 0 Å². The topological polar surface area (TPSA) is 42.4 Å². The summed E-state index contributed by atoms with van der Waals surface area (Å²) < 4.78 is 43.0. The van der Waals surface area contributed by atoms with Crippen LogP contribution in [0.2, 0.25) is 0 Å². The van der Waals surface area contributed by atoms with Crippen LogP contribution >= 0.6 is 0 Å². The summed E-state index contributed by atoms with van der Waals surface area (Å²) in [5, 5.41) is 0. The summed E-state index contributed by atoms with van der Waals surface area (Å²) in [5.41, 5.74) is 1.69. The number of carbonyl (C=O) groups excluding carboxylic acids is 1. The standard InChI is InChI=1S/C14H15F3N2O2/c1-8-7-19(13(20)14(15,16)17)9(2)6-11-10(8)4-5-12(18-11)21-3/h4-5,9H,1,6-7H2,2-3H3. The minimum absolute atomic E-state index is 0.166. The lowest BCUT2D eigenvalue weighted by molar-refractivity contribution is -0.186. The molecule has 4 nitrogen and oxygen atoms in total. The maximum Gasteiger partial charge on any atom is 0.471 e. The van der Waals surface area contributed by atoms with Crippen molar-refractivity contribution >= 4 is 11.5 Å². The number of amides is 1. The molecule has 1 atom stereocenters. The molecule has 1 unspecified atom stereocenters. The largest absolute Gasteiger partial charge is 0.481 e. The van der Waals surface area contributed by atoms with Crippen molar-refractivity contribution in [2.45, 2.75) is 25.6 Å². The summed E-state index contributed by atoms with van der Waals surface area (Å²) in [6, 6.07) is 2.70. The second kappa shape index (κ2) is 5.38. The van der Waals surface area contributed by atoms with Crippen LogP contribution in [0.15, 0.2) is 18.7 Å². The third-order valence-electron chi connectivity index (χ3n) is 3.42. The average Bonchev–Trinajstić information content (AvgIpc) is 2.53. The van der Waals surface area contributed by atoms with Gasteiger partial charge >= 0.3 is 12.1 Å².